The molecule has 0 aliphatic rings. The molecule has 2 aromatic rings. The van der Waals surface area contributed by atoms with Crippen molar-refractivity contribution >= 4 is 16.1 Å². The summed E-state index contributed by atoms with van der Waals surface area (Å²) in [5.41, 5.74) is 2.08. The third kappa shape index (κ3) is 3.93. The molecule has 0 atom stereocenters. The molecule has 0 fully saturated rings. The van der Waals surface area contributed by atoms with Gasteiger partial charge in [0, 0.05) is 6.07 Å². The number of aryl methyl sites for hydroxylation is 3. The average molecular weight is 364 g/mol. The van der Waals surface area contributed by atoms with E-state index in [1.807, 2.05) is 6.92 Å². The van der Waals surface area contributed by atoms with Crippen molar-refractivity contribution in [3.8, 4) is 11.5 Å². The van der Waals surface area contributed by atoms with E-state index in [0.717, 1.165) is 5.56 Å². The number of methoxy groups -OCH3 is 2. The molecule has 2 aromatic carbocycles. The van der Waals surface area contributed by atoms with Crippen molar-refractivity contribution in [3.05, 3.63) is 52.6 Å². The highest BCUT2D eigenvalue weighted by Gasteiger charge is 2.25. The molecule has 6 nitrogen and oxygen atoms in total. The first-order valence-electron chi connectivity index (χ1n) is 7.48. The first-order chi connectivity index (χ1) is 11.7. The highest BCUT2D eigenvalue weighted by atomic mass is 32.2. The molecule has 0 aliphatic heterocycles. The lowest BCUT2D eigenvalue weighted by Crippen LogP contribution is -2.15. The van der Waals surface area contributed by atoms with Crippen LogP contribution in [0.2, 0.25) is 0 Å². The van der Waals surface area contributed by atoms with Gasteiger partial charge in [-0.3, -0.25) is 0 Å². The number of esters is 1. The van der Waals surface area contributed by atoms with Crippen molar-refractivity contribution in [3.63, 3.8) is 0 Å². The minimum absolute atomic E-state index is 0.00528. The molecule has 0 saturated heterocycles. The standard InChI is InChI=1S/C18H20O6S/c1-11-8-12(2)17(13(3)9-11)25(20,21)24-16-10-14(22-4)6-7-15(16)18(19)23-5/h6-10H,1-5H3. The number of hydrogen-bond donors (Lipinski definition) is 0. The van der Waals surface area contributed by atoms with Crippen LogP contribution in [0, 0.1) is 20.8 Å². The van der Waals surface area contributed by atoms with Crippen molar-refractivity contribution in [2.24, 2.45) is 0 Å². The fraction of sp³-hybridized carbons (Fsp3) is 0.278. The van der Waals surface area contributed by atoms with Crippen LogP contribution in [0.1, 0.15) is 27.0 Å². The maximum Gasteiger partial charge on any atom is 0.341 e. The number of benzene rings is 2. The molecule has 0 spiro atoms. The Morgan fingerprint density at radius 2 is 1.56 bits per heavy atom. The van der Waals surface area contributed by atoms with Crippen LogP contribution in [-0.2, 0) is 14.9 Å². The topological polar surface area (TPSA) is 78.9 Å². The Hall–Kier alpha value is -2.54. The quantitative estimate of drug-likeness (QED) is 0.599. The van der Waals surface area contributed by atoms with Crippen LogP contribution in [0.25, 0.3) is 0 Å². The summed E-state index contributed by atoms with van der Waals surface area (Å²) >= 11 is 0. The van der Waals surface area contributed by atoms with Gasteiger partial charge in [-0.15, -0.1) is 0 Å². The predicted molar refractivity (Wildman–Crippen MR) is 92.8 cm³/mol. The van der Waals surface area contributed by atoms with Gasteiger partial charge in [0.25, 0.3) is 0 Å². The zero-order valence-corrected chi connectivity index (χ0v) is 15.6. The van der Waals surface area contributed by atoms with Crippen molar-refractivity contribution < 1.29 is 26.9 Å². The van der Waals surface area contributed by atoms with Gasteiger partial charge in [0.1, 0.15) is 16.2 Å². The van der Waals surface area contributed by atoms with Gasteiger partial charge in [0.15, 0.2) is 5.75 Å². The molecule has 25 heavy (non-hydrogen) atoms. The summed E-state index contributed by atoms with van der Waals surface area (Å²) in [4.78, 5) is 12.0. The lowest BCUT2D eigenvalue weighted by Gasteiger charge is -2.15. The Kier molecular flexibility index (Phi) is 5.37. The molecule has 0 heterocycles. The van der Waals surface area contributed by atoms with E-state index < -0.39 is 16.1 Å². The highest BCUT2D eigenvalue weighted by molar-refractivity contribution is 7.87. The summed E-state index contributed by atoms with van der Waals surface area (Å²) in [6.07, 6.45) is 0. The average Bonchev–Trinajstić information content (AvgIpc) is 2.52. The summed E-state index contributed by atoms with van der Waals surface area (Å²) in [5.74, 6) is -0.494. The number of carbonyl (C=O) groups excluding carboxylic acids is 1. The normalized spacial score (nSPS) is 11.1. The van der Waals surface area contributed by atoms with E-state index in [1.165, 1.54) is 32.4 Å². The van der Waals surface area contributed by atoms with Gasteiger partial charge in [0.05, 0.1) is 14.2 Å². The lowest BCUT2D eigenvalue weighted by atomic mass is 10.1. The van der Waals surface area contributed by atoms with Crippen LogP contribution >= 0.6 is 0 Å². The molecule has 2 rings (SSSR count). The van der Waals surface area contributed by atoms with E-state index in [4.69, 9.17) is 8.92 Å². The molecule has 0 radical (unpaired) electrons. The van der Waals surface area contributed by atoms with E-state index in [2.05, 4.69) is 4.74 Å². The van der Waals surface area contributed by atoms with Gasteiger partial charge in [-0.1, -0.05) is 17.7 Å². The molecular weight excluding hydrogens is 344 g/mol. The predicted octanol–water partition coefficient (Wildman–Crippen LogP) is 3.17. The van der Waals surface area contributed by atoms with Crippen molar-refractivity contribution in [1.82, 2.24) is 0 Å². The number of ether oxygens (including phenoxy) is 2. The van der Waals surface area contributed by atoms with Gasteiger partial charge in [-0.25, -0.2) is 4.79 Å². The second kappa shape index (κ2) is 7.14. The zero-order valence-electron chi connectivity index (χ0n) is 14.7. The van der Waals surface area contributed by atoms with E-state index in [-0.39, 0.29) is 16.2 Å². The van der Waals surface area contributed by atoms with E-state index in [1.54, 1.807) is 26.0 Å². The Morgan fingerprint density at radius 1 is 0.960 bits per heavy atom. The molecule has 0 bridgehead atoms. The van der Waals surface area contributed by atoms with Crippen LogP contribution in [0.3, 0.4) is 0 Å². The molecular formula is C18H20O6S. The highest BCUT2D eigenvalue weighted by Crippen LogP contribution is 2.30. The van der Waals surface area contributed by atoms with E-state index in [9.17, 15) is 13.2 Å². The largest absolute Gasteiger partial charge is 0.497 e. The first kappa shape index (κ1) is 18.8. The van der Waals surface area contributed by atoms with Gasteiger partial charge in [-0.2, -0.15) is 8.42 Å². The Morgan fingerprint density at radius 3 is 2.08 bits per heavy atom. The van der Waals surface area contributed by atoms with Crippen LogP contribution in [0.4, 0.5) is 0 Å². The molecule has 0 aromatic heterocycles. The number of rotatable bonds is 5. The summed E-state index contributed by atoms with van der Waals surface area (Å²) in [7, 11) is -1.51. The zero-order chi connectivity index (χ0) is 18.8. The first-order valence-corrected chi connectivity index (χ1v) is 8.89. The van der Waals surface area contributed by atoms with Gasteiger partial charge in [0.2, 0.25) is 0 Å². The third-order valence-corrected chi connectivity index (χ3v) is 5.19. The molecule has 0 aliphatic carbocycles. The fourth-order valence-electron chi connectivity index (χ4n) is 2.70. The van der Waals surface area contributed by atoms with Gasteiger partial charge < -0.3 is 13.7 Å². The minimum atomic E-state index is -4.14. The number of hydrogen-bond acceptors (Lipinski definition) is 6. The molecule has 134 valence electrons. The summed E-state index contributed by atoms with van der Waals surface area (Å²) in [6, 6.07) is 7.77. The molecule has 7 heteroatoms. The smallest absolute Gasteiger partial charge is 0.341 e. The van der Waals surface area contributed by atoms with Crippen molar-refractivity contribution in [1.29, 1.82) is 0 Å². The lowest BCUT2D eigenvalue weighted by molar-refractivity contribution is 0.0599. The second-order valence-corrected chi connectivity index (χ2v) is 7.10. The van der Waals surface area contributed by atoms with Crippen LogP contribution < -0.4 is 8.92 Å². The fourth-order valence-corrected chi connectivity index (χ4v) is 4.06. The molecule has 0 unspecified atom stereocenters. The summed E-state index contributed by atoms with van der Waals surface area (Å²) < 4.78 is 40.6. The van der Waals surface area contributed by atoms with Crippen molar-refractivity contribution in [2.45, 2.75) is 25.7 Å². The Bertz CT molecular complexity index is 892. The Balaban J connectivity index is 2.56. The van der Waals surface area contributed by atoms with E-state index in [0.29, 0.717) is 16.9 Å². The van der Waals surface area contributed by atoms with Gasteiger partial charge in [-0.05, 0) is 44.0 Å². The van der Waals surface area contributed by atoms with Crippen LogP contribution in [-0.4, -0.2) is 28.6 Å². The van der Waals surface area contributed by atoms with E-state index >= 15 is 0 Å². The van der Waals surface area contributed by atoms with Gasteiger partial charge >= 0.3 is 16.1 Å². The maximum atomic E-state index is 12.8. The maximum absolute atomic E-state index is 12.8. The molecule has 0 amide bonds. The number of carbonyl (C=O) groups is 1. The second-order valence-electron chi connectivity index (χ2n) is 5.62. The SMILES string of the molecule is COC(=O)c1ccc(OC)cc1OS(=O)(=O)c1c(C)cc(C)cc1C. The summed E-state index contributed by atoms with van der Waals surface area (Å²) in [6.45, 7) is 5.28. The minimum Gasteiger partial charge on any atom is -0.497 e. The van der Waals surface area contributed by atoms with Crippen molar-refractivity contribution in [2.75, 3.05) is 14.2 Å². The molecule has 0 N–H and O–H groups in total. The molecule has 0 saturated carbocycles. The summed E-state index contributed by atoms with van der Waals surface area (Å²) in [5, 5.41) is 0. The Labute approximate surface area is 147 Å². The van der Waals surface area contributed by atoms with Crippen LogP contribution in [0.5, 0.6) is 11.5 Å². The monoisotopic (exact) mass is 364 g/mol. The third-order valence-electron chi connectivity index (χ3n) is 3.65. The van der Waals surface area contributed by atoms with Crippen LogP contribution in [0.15, 0.2) is 35.2 Å².